The van der Waals surface area contributed by atoms with Gasteiger partial charge in [0.05, 0.1) is 0 Å². The first-order valence-corrected chi connectivity index (χ1v) is 0. The Balaban J connectivity index is 0. The van der Waals surface area contributed by atoms with Crippen molar-refractivity contribution in [2.24, 2.45) is 0 Å². The van der Waals surface area contributed by atoms with Crippen LogP contribution in [0, 0.1) is 0 Å². The van der Waals surface area contributed by atoms with Gasteiger partial charge in [-0.15, -0.1) is 24.8 Å². The van der Waals surface area contributed by atoms with Crippen molar-refractivity contribution < 1.29 is 34.1 Å². The van der Waals surface area contributed by atoms with Gasteiger partial charge in [-0.25, -0.2) is 0 Å². The van der Waals surface area contributed by atoms with E-state index in [-0.39, 0.29) is 65.1 Å². The molecule has 0 amide bonds. The van der Waals surface area contributed by atoms with Crippen molar-refractivity contribution in [1.82, 2.24) is 6.15 Å². The van der Waals surface area contributed by atoms with Gasteiger partial charge in [-0.3, -0.25) is 0 Å². The minimum Gasteiger partial charge on any atom is -0.344 e. The number of hydrogen-bond donors (Lipinski definition) is 1. The van der Waals surface area contributed by atoms with Gasteiger partial charge < -0.3 is 6.15 Å². The maximum Gasteiger partial charge on any atom is 0 e. The second kappa shape index (κ2) is 46.9. The number of halogens is 2. The van der Waals surface area contributed by atoms with E-state index < -0.39 is 0 Å². The molecule has 46 valence electrons. The molecular formula is H5Cl2Cu2N. The summed E-state index contributed by atoms with van der Waals surface area (Å²) < 4.78 is 0. The SMILES string of the molecule is Cl.Cl.N.[Cu].[Cu]. The molecule has 0 aliphatic carbocycles. The monoisotopic (exact) mass is 215 g/mol. The van der Waals surface area contributed by atoms with E-state index in [0.29, 0.717) is 0 Å². The Morgan fingerprint density at radius 1 is 0.600 bits per heavy atom. The molecule has 5 heavy (non-hydrogen) atoms. The number of rotatable bonds is 0. The van der Waals surface area contributed by atoms with Gasteiger partial charge in [0, 0.05) is 34.1 Å². The molecule has 0 rings (SSSR count). The van der Waals surface area contributed by atoms with Crippen LogP contribution in [0.15, 0.2) is 0 Å². The zero-order chi connectivity index (χ0) is 0. The molecule has 0 saturated heterocycles. The molecule has 2 radical (unpaired) electrons. The van der Waals surface area contributed by atoms with E-state index in [0.717, 1.165) is 0 Å². The van der Waals surface area contributed by atoms with Crippen molar-refractivity contribution in [3.63, 3.8) is 0 Å². The Morgan fingerprint density at radius 3 is 0.600 bits per heavy atom. The summed E-state index contributed by atoms with van der Waals surface area (Å²) in [6.07, 6.45) is 0. The van der Waals surface area contributed by atoms with E-state index in [1.807, 2.05) is 0 Å². The van der Waals surface area contributed by atoms with Crippen LogP contribution in [0.4, 0.5) is 0 Å². The fourth-order valence-corrected chi connectivity index (χ4v) is 0. The van der Waals surface area contributed by atoms with E-state index in [1.54, 1.807) is 0 Å². The van der Waals surface area contributed by atoms with Gasteiger partial charge in [-0.1, -0.05) is 0 Å². The molecular weight excluding hydrogens is 212 g/mol. The van der Waals surface area contributed by atoms with Crippen molar-refractivity contribution >= 4 is 24.8 Å². The smallest absolute Gasteiger partial charge is 0 e. The molecule has 0 aliphatic heterocycles. The van der Waals surface area contributed by atoms with Crippen molar-refractivity contribution in [2.75, 3.05) is 0 Å². The van der Waals surface area contributed by atoms with Crippen LogP contribution >= 0.6 is 24.8 Å². The van der Waals surface area contributed by atoms with Crippen molar-refractivity contribution in [3.05, 3.63) is 0 Å². The van der Waals surface area contributed by atoms with Crippen LogP contribution in [-0.4, -0.2) is 0 Å². The van der Waals surface area contributed by atoms with Crippen LogP contribution in [0.3, 0.4) is 0 Å². The summed E-state index contributed by atoms with van der Waals surface area (Å²) in [4.78, 5) is 0. The summed E-state index contributed by atoms with van der Waals surface area (Å²) in [6, 6.07) is 0. The van der Waals surface area contributed by atoms with Crippen LogP contribution in [0.5, 0.6) is 0 Å². The van der Waals surface area contributed by atoms with Crippen molar-refractivity contribution in [2.45, 2.75) is 0 Å². The molecule has 1 nitrogen and oxygen atoms in total. The van der Waals surface area contributed by atoms with Crippen LogP contribution in [-0.2, 0) is 34.1 Å². The minimum atomic E-state index is 0. The summed E-state index contributed by atoms with van der Waals surface area (Å²) in [5.41, 5.74) is 0. The fraction of sp³-hybridized carbons (Fsp3) is 0. The molecule has 5 heteroatoms. The van der Waals surface area contributed by atoms with E-state index in [4.69, 9.17) is 0 Å². The topological polar surface area (TPSA) is 35.0 Å². The Labute approximate surface area is 65.0 Å². The van der Waals surface area contributed by atoms with E-state index in [1.165, 1.54) is 0 Å². The third-order valence-corrected chi connectivity index (χ3v) is 0. The molecule has 0 saturated carbocycles. The Morgan fingerprint density at radius 2 is 0.600 bits per heavy atom. The van der Waals surface area contributed by atoms with Gasteiger partial charge >= 0.3 is 0 Å². The van der Waals surface area contributed by atoms with Gasteiger partial charge in [-0.2, -0.15) is 0 Å². The fourth-order valence-electron chi connectivity index (χ4n) is 0. The average molecular weight is 217 g/mol. The van der Waals surface area contributed by atoms with E-state index in [9.17, 15) is 0 Å². The van der Waals surface area contributed by atoms with Crippen LogP contribution in [0.2, 0.25) is 0 Å². The molecule has 3 N–H and O–H groups in total. The summed E-state index contributed by atoms with van der Waals surface area (Å²) in [5, 5.41) is 0. The van der Waals surface area contributed by atoms with E-state index >= 15 is 0 Å². The molecule has 0 spiro atoms. The first-order valence-electron chi connectivity index (χ1n) is 0. The van der Waals surface area contributed by atoms with Gasteiger partial charge in [0.1, 0.15) is 0 Å². The second-order valence-corrected chi connectivity index (χ2v) is 0. The third kappa shape index (κ3) is 28.7. The molecule has 0 aromatic heterocycles. The predicted molar refractivity (Wildman–Crippen MR) is 19.5 cm³/mol. The maximum atomic E-state index is 0. The Bertz CT molecular complexity index is 7.61. The largest absolute Gasteiger partial charge is 0.344 e. The minimum absolute atomic E-state index is 0. The number of hydrogen-bond acceptors (Lipinski definition) is 1. The maximum absolute atomic E-state index is 0. The van der Waals surface area contributed by atoms with Crippen LogP contribution in [0.25, 0.3) is 0 Å². The van der Waals surface area contributed by atoms with Gasteiger partial charge in [-0.05, 0) is 0 Å². The second-order valence-electron chi connectivity index (χ2n) is 0. The molecule has 0 bridgehead atoms. The Hall–Kier alpha value is 1.58. The van der Waals surface area contributed by atoms with Crippen molar-refractivity contribution in [1.29, 1.82) is 0 Å². The van der Waals surface area contributed by atoms with Crippen molar-refractivity contribution in [3.8, 4) is 0 Å². The molecule has 0 heterocycles. The molecule has 0 unspecified atom stereocenters. The molecule has 0 aliphatic rings. The van der Waals surface area contributed by atoms with Gasteiger partial charge in [0.25, 0.3) is 0 Å². The quantitative estimate of drug-likeness (QED) is 0.603. The molecule has 0 atom stereocenters. The zero-order valence-electron chi connectivity index (χ0n) is 2.13. The van der Waals surface area contributed by atoms with E-state index in [2.05, 4.69) is 0 Å². The average Bonchev–Trinajstić information content (AvgIpc) is 0. The first-order chi connectivity index (χ1) is 0. The van der Waals surface area contributed by atoms with Crippen LogP contribution < -0.4 is 6.15 Å². The summed E-state index contributed by atoms with van der Waals surface area (Å²) >= 11 is 0. The predicted octanol–water partition coefficient (Wildman–Crippen LogP) is 1.00. The summed E-state index contributed by atoms with van der Waals surface area (Å²) in [6.45, 7) is 0. The third-order valence-electron chi connectivity index (χ3n) is 0. The Kier molecular flexibility index (Phi) is 771. The standard InChI is InChI=1S/2ClH.2Cu.H3N/h2*1H;;;1H3. The molecule has 0 aromatic rings. The first kappa shape index (κ1) is 82.1. The van der Waals surface area contributed by atoms with Gasteiger partial charge in [0.2, 0.25) is 0 Å². The normalized spacial score (nSPS) is 0. The summed E-state index contributed by atoms with van der Waals surface area (Å²) in [5.74, 6) is 0. The molecule has 0 fully saturated rings. The van der Waals surface area contributed by atoms with Gasteiger partial charge in [0.15, 0.2) is 0 Å². The van der Waals surface area contributed by atoms with Crippen LogP contribution in [0.1, 0.15) is 0 Å². The summed E-state index contributed by atoms with van der Waals surface area (Å²) in [7, 11) is 0. The zero-order valence-corrected chi connectivity index (χ0v) is 5.64. The molecule has 0 aromatic carbocycles.